The number of nitrogens with one attached hydrogen (secondary N) is 2. The van der Waals surface area contributed by atoms with Crippen molar-refractivity contribution in [2.24, 2.45) is 0 Å². The third-order valence-electron chi connectivity index (χ3n) is 9.88. The normalized spacial score (nSPS) is 16.3. The number of anilines is 2. The van der Waals surface area contributed by atoms with Crippen LogP contribution in [0.2, 0.25) is 0 Å². The van der Waals surface area contributed by atoms with E-state index >= 15 is 4.79 Å². The number of amides is 1. The van der Waals surface area contributed by atoms with Crippen molar-refractivity contribution in [2.75, 3.05) is 10.2 Å². The summed E-state index contributed by atoms with van der Waals surface area (Å²) in [6, 6.07) is 49.7. The topological polar surface area (TPSA) is 48.1 Å². The summed E-state index contributed by atoms with van der Waals surface area (Å²) in [5, 5.41) is 4.99. The molecule has 1 spiro atoms. The van der Waals surface area contributed by atoms with Gasteiger partial charge in [-0.2, -0.15) is 0 Å². The second kappa shape index (κ2) is 10.6. The minimum atomic E-state index is -1.16. The van der Waals surface area contributed by atoms with Crippen LogP contribution in [0, 0.1) is 6.92 Å². The third kappa shape index (κ3) is 3.96. The Bertz CT molecular complexity index is 2290. The molecule has 0 aliphatic carbocycles. The first kappa shape index (κ1) is 27.9. The Morgan fingerprint density at radius 2 is 1.32 bits per heavy atom. The zero-order chi connectivity index (χ0) is 31.7. The highest BCUT2D eigenvalue weighted by molar-refractivity contribution is 9.10. The molecule has 1 atom stereocenters. The summed E-state index contributed by atoms with van der Waals surface area (Å²) < 4.78 is 0.877. The molecule has 1 amide bonds. The molecule has 0 bridgehead atoms. The van der Waals surface area contributed by atoms with Crippen molar-refractivity contribution in [3.63, 3.8) is 0 Å². The lowest BCUT2D eigenvalue weighted by molar-refractivity contribution is -0.121. The van der Waals surface area contributed by atoms with Gasteiger partial charge in [0.2, 0.25) is 0 Å². The molecule has 3 heterocycles. The lowest BCUT2D eigenvalue weighted by Gasteiger charge is -2.39. The minimum absolute atomic E-state index is 0.0150. The van der Waals surface area contributed by atoms with E-state index in [1.807, 2.05) is 65.6 Å². The van der Waals surface area contributed by atoms with Crippen LogP contribution in [0.3, 0.4) is 0 Å². The van der Waals surface area contributed by atoms with Gasteiger partial charge in [0.25, 0.3) is 5.91 Å². The Labute approximate surface area is 281 Å². The molecule has 1 aromatic heterocycles. The van der Waals surface area contributed by atoms with Crippen molar-refractivity contribution < 1.29 is 4.79 Å². The van der Waals surface area contributed by atoms with Gasteiger partial charge in [0.15, 0.2) is 5.54 Å². The van der Waals surface area contributed by atoms with Crippen LogP contribution in [0.4, 0.5) is 11.4 Å². The van der Waals surface area contributed by atoms with Crippen LogP contribution < -0.4 is 10.2 Å². The van der Waals surface area contributed by atoms with E-state index in [9.17, 15) is 0 Å². The maximum atomic E-state index is 15.7. The number of para-hydroxylation sites is 2. The third-order valence-corrected chi connectivity index (χ3v) is 10.5. The maximum Gasteiger partial charge on any atom is 0.263 e. The molecule has 5 heteroatoms. The number of fused-ring (bicyclic) bond motifs is 8. The van der Waals surface area contributed by atoms with Crippen LogP contribution >= 0.6 is 15.9 Å². The molecule has 9 rings (SSSR count). The number of rotatable bonds is 4. The average molecular weight is 673 g/mol. The molecule has 4 nitrogen and oxygen atoms in total. The van der Waals surface area contributed by atoms with Crippen LogP contribution in [-0.4, -0.2) is 10.9 Å². The van der Waals surface area contributed by atoms with Crippen LogP contribution in [0.25, 0.3) is 33.3 Å². The second-order valence-corrected chi connectivity index (χ2v) is 13.2. The number of carbonyl (C=O) groups excluding carboxylic acids is 1. The molecule has 2 aliphatic rings. The highest BCUT2D eigenvalue weighted by Crippen LogP contribution is 2.58. The van der Waals surface area contributed by atoms with E-state index in [1.165, 1.54) is 5.56 Å². The quantitative estimate of drug-likeness (QED) is 0.196. The Morgan fingerprint density at radius 3 is 2.02 bits per heavy atom. The van der Waals surface area contributed by atoms with Crippen LogP contribution in [0.15, 0.2) is 150 Å². The predicted molar refractivity (Wildman–Crippen MR) is 195 cm³/mol. The smallest absolute Gasteiger partial charge is 0.263 e. The number of carbonyl (C=O) groups is 1. The zero-order valence-corrected chi connectivity index (χ0v) is 27.3. The molecule has 0 radical (unpaired) electrons. The van der Waals surface area contributed by atoms with Crippen LogP contribution in [0.5, 0.6) is 0 Å². The SMILES string of the molecule is Cc1c(-c2ccccc2)[nH]c2c3c(ccc12)C1(Nc2ccccc2-3)C(=O)N(C(c2ccccc2)c2ccccc2)c2c(Br)cccc21. The molecular formula is C42H30BrN3O. The molecule has 0 saturated heterocycles. The summed E-state index contributed by atoms with van der Waals surface area (Å²) in [5.74, 6) is -0.0150. The molecule has 0 saturated carbocycles. The van der Waals surface area contributed by atoms with Gasteiger partial charge in [-0.05, 0) is 57.2 Å². The van der Waals surface area contributed by atoms with E-state index in [-0.39, 0.29) is 11.9 Å². The largest absolute Gasteiger partial charge is 0.363 e. The fourth-order valence-electron chi connectivity index (χ4n) is 7.81. The molecule has 2 N–H and O–H groups in total. The molecule has 0 fully saturated rings. The Kier molecular flexibility index (Phi) is 6.28. The summed E-state index contributed by atoms with van der Waals surface area (Å²) in [6.45, 7) is 2.18. The first-order valence-electron chi connectivity index (χ1n) is 15.9. The summed E-state index contributed by atoms with van der Waals surface area (Å²) in [4.78, 5) is 21.6. The van der Waals surface area contributed by atoms with E-state index < -0.39 is 5.54 Å². The number of hydrogen-bond donors (Lipinski definition) is 2. The van der Waals surface area contributed by atoms with Crippen molar-refractivity contribution in [1.29, 1.82) is 0 Å². The molecule has 226 valence electrons. The van der Waals surface area contributed by atoms with Gasteiger partial charge in [-0.3, -0.25) is 9.69 Å². The summed E-state index contributed by atoms with van der Waals surface area (Å²) >= 11 is 3.90. The van der Waals surface area contributed by atoms with E-state index in [0.717, 1.165) is 71.4 Å². The Hall–Kier alpha value is -5.39. The van der Waals surface area contributed by atoms with Gasteiger partial charge < -0.3 is 10.3 Å². The summed E-state index contributed by atoms with van der Waals surface area (Å²) in [6.07, 6.45) is 0. The first-order chi connectivity index (χ1) is 23.1. The molecule has 47 heavy (non-hydrogen) atoms. The van der Waals surface area contributed by atoms with E-state index in [4.69, 9.17) is 0 Å². The Morgan fingerprint density at radius 1 is 0.681 bits per heavy atom. The van der Waals surface area contributed by atoms with Gasteiger partial charge in [0.05, 0.1) is 17.2 Å². The van der Waals surface area contributed by atoms with Crippen molar-refractivity contribution in [1.82, 2.24) is 4.98 Å². The van der Waals surface area contributed by atoms with Crippen molar-refractivity contribution in [3.8, 4) is 22.4 Å². The van der Waals surface area contributed by atoms with Crippen LogP contribution in [-0.2, 0) is 10.3 Å². The number of nitrogens with zero attached hydrogens (tertiary/aromatic N) is 1. The number of halogens is 1. The number of aromatic amines is 1. The van der Waals surface area contributed by atoms with Crippen molar-refractivity contribution in [3.05, 3.63) is 178 Å². The zero-order valence-electron chi connectivity index (χ0n) is 25.7. The first-order valence-corrected chi connectivity index (χ1v) is 16.7. The fraction of sp³-hybridized carbons (Fsp3) is 0.0714. The van der Waals surface area contributed by atoms with Gasteiger partial charge in [0.1, 0.15) is 0 Å². The lowest BCUT2D eigenvalue weighted by atomic mass is 9.75. The van der Waals surface area contributed by atoms with Crippen molar-refractivity contribution in [2.45, 2.75) is 18.5 Å². The van der Waals surface area contributed by atoms with Gasteiger partial charge in [-0.1, -0.05) is 133 Å². The standard InChI is InChI=1S/C42H30BrN3O/c1-26-30-24-25-32-36(38(30)44-37(26)27-14-5-2-6-15-27)31-20-11-12-23-35(31)45-42(32)33-21-13-22-34(43)40(33)46(41(42)47)39(28-16-7-3-8-17-28)29-18-9-4-10-19-29/h2-25,39,44-45H,1H3. The molecule has 6 aromatic carbocycles. The molecule has 7 aromatic rings. The van der Waals surface area contributed by atoms with E-state index in [2.05, 4.69) is 118 Å². The van der Waals surface area contributed by atoms with Crippen LogP contribution in [0.1, 0.15) is 33.9 Å². The van der Waals surface area contributed by atoms with E-state index in [0.29, 0.717) is 0 Å². The number of benzene rings is 6. The van der Waals surface area contributed by atoms with Gasteiger partial charge in [-0.25, -0.2) is 0 Å². The second-order valence-electron chi connectivity index (χ2n) is 12.4. The maximum absolute atomic E-state index is 15.7. The lowest BCUT2D eigenvalue weighted by Crippen LogP contribution is -2.49. The average Bonchev–Trinajstić information content (AvgIpc) is 3.58. The van der Waals surface area contributed by atoms with Gasteiger partial charge >= 0.3 is 0 Å². The summed E-state index contributed by atoms with van der Waals surface area (Å²) in [5.41, 5.74) is 11.2. The minimum Gasteiger partial charge on any atom is -0.363 e. The van der Waals surface area contributed by atoms with Crippen molar-refractivity contribution >= 4 is 44.1 Å². The van der Waals surface area contributed by atoms with Gasteiger partial charge in [-0.15, -0.1) is 0 Å². The number of H-pyrrole nitrogens is 1. The number of hydrogen-bond acceptors (Lipinski definition) is 2. The molecular weight excluding hydrogens is 642 g/mol. The molecule has 1 unspecified atom stereocenters. The molecule has 2 aliphatic heterocycles. The monoisotopic (exact) mass is 671 g/mol. The highest BCUT2D eigenvalue weighted by atomic mass is 79.9. The van der Waals surface area contributed by atoms with Gasteiger partial charge in [0, 0.05) is 43.5 Å². The summed E-state index contributed by atoms with van der Waals surface area (Å²) in [7, 11) is 0. The highest BCUT2D eigenvalue weighted by Gasteiger charge is 2.57. The number of aromatic nitrogens is 1. The predicted octanol–water partition coefficient (Wildman–Crippen LogP) is 10.4. The fourth-order valence-corrected chi connectivity index (χ4v) is 8.37. The Balaban J connectivity index is 1.35. The van der Waals surface area contributed by atoms with E-state index in [1.54, 1.807) is 0 Å². The number of aryl methyl sites for hydroxylation is 1.